The number of hydrogen-bond donors (Lipinski definition) is 1. The predicted molar refractivity (Wildman–Crippen MR) is 80.5 cm³/mol. The van der Waals surface area contributed by atoms with Gasteiger partial charge in [0.15, 0.2) is 0 Å². The average Bonchev–Trinajstić information content (AvgIpc) is 2.45. The highest BCUT2D eigenvalue weighted by Crippen LogP contribution is 2.05. The summed E-state index contributed by atoms with van der Waals surface area (Å²) < 4.78 is 12.0. The lowest BCUT2D eigenvalue weighted by atomic mass is 10.2. The summed E-state index contributed by atoms with van der Waals surface area (Å²) in [5, 5.41) is 9.01. The third-order valence-electron chi connectivity index (χ3n) is 3.03. The molecule has 1 N–H and O–H groups in total. The number of allylic oxidation sites excluding steroid dienone is 1. The van der Waals surface area contributed by atoms with E-state index in [2.05, 4.69) is 4.98 Å². The van der Waals surface area contributed by atoms with E-state index in [-0.39, 0.29) is 18.4 Å². The fourth-order valence-corrected chi connectivity index (χ4v) is 1.73. The molecule has 0 aliphatic carbocycles. The van der Waals surface area contributed by atoms with Crippen LogP contribution in [0.15, 0.2) is 28.7 Å². The van der Waals surface area contributed by atoms with Crippen LogP contribution in [0, 0.1) is 0 Å². The van der Waals surface area contributed by atoms with Crippen molar-refractivity contribution in [2.75, 3.05) is 20.3 Å². The second-order valence-corrected chi connectivity index (χ2v) is 5.02. The standard InChI is InChI=1S/C15H24N2O4/c1-12(2)7-10-21-14-6-9-17(15(19)16-14)8-4-5-13(11-18)20-3/h6-7,9,13,18H,4-5,8,10-11H2,1-3H3. The van der Waals surface area contributed by atoms with Gasteiger partial charge in [0, 0.05) is 25.9 Å². The van der Waals surface area contributed by atoms with Gasteiger partial charge in [-0.2, -0.15) is 4.98 Å². The fourth-order valence-electron chi connectivity index (χ4n) is 1.73. The van der Waals surface area contributed by atoms with Gasteiger partial charge < -0.3 is 14.6 Å². The van der Waals surface area contributed by atoms with Crippen LogP contribution in [0.2, 0.25) is 0 Å². The van der Waals surface area contributed by atoms with Gasteiger partial charge in [-0.15, -0.1) is 0 Å². The molecule has 6 nitrogen and oxygen atoms in total. The lowest BCUT2D eigenvalue weighted by Crippen LogP contribution is -2.24. The number of methoxy groups -OCH3 is 1. The van der Waals surface area contributed by atoms with E-state index in [0.29, 0.717) is 25.5 Å². The summed E-state index contributed by atoms with van der Waals surface area (Å²) in [5.41, 5.74) is 0.822. The molecule has 0 fully saturated rings. The van der Waals surface area contributed by atoms with Crippen LogP contribution in [-0.4, -0.2) is 41.1 Å². The molecule has 1 aromatic heterocycles. The van der Waals surface area contributed by atoms with Crippen molar-refractivity contribution in [2.24, 2.45) is 0 Å². The summed E-state index contributed by atoms with van der Waals surface area (Å²) in [6.45, 7) is 4.90. The maximum absolute atomic E-state index is 11.8. The minimum absolute atomic E-state index is 0.0131. The zero-order valence-corrected chi connectivity index (χ0v) is 12.9. The van der Waals surface area contributed by atoms with Gasteiger partial charge in [0.1, 0.15) is 6.61 Å². The van der Waals surface area contributed by atoms with Crippen LogP contribution in [0.5, 0.6) is 5.88 Å². The monoisotopic (exact) mass is 296 g/mol. The molecule has 0 radical (unpaired) electrons. The van der Waals surface area contributed by atoms with Crippen LogP contribution in [0.3, 0.4) is 0 Å². The van der Waals surface area contributed by atoms with Gasteiger partial charge in [-0.3, -0.25) is 4.57 Å². The van der Waals surface area contributed by atoms with Gasteiger partial charge in [-0.05, 0) is 32.8 Å². The van der Waals surface area contributed by atoms with Crippen LogP contribution < -0.4 is 10.4 Å². The van der Waals surface area contributed by atoms with Gasteiger partial charge in [0.25, 0.3) is 0 Å². The van der Waals surface area contributed by atoms with E-state index < -0.39 is 0 Å². The summed E-state index contributed by atoms with van der Waals surface area (Å²) in [7, 11) is 1.56. The van der Waals surface area contributed by atoms with Crippen LogP contribution in [0.1, 0.15) is 26.7 Å². The fraction of sp³-hybridized carbons (Fsp3) is 0.600. The second kappa shape index (κ2) is 9.31. The summed E-state index contributed by atoms with van der Waals surface area (Å²) in [4.78, 5) is 15.7. The molecule has 0 saturated heterocycles. The Bertz CT molecular complexity index is 503. The van der Waals surface area contributed by atoms with Gasteiger partial charge >= 0.3 is 5.69 Å². The number of ether oxygens (including phenoxy) is 2. The van der Waals surface area contributed by atoms with Crippen molar-refractivity contribution in [3.05, 3.63) is 34.4 Å². The molecule has 1 atom stereocenters. The van der Waals surface area contributed by atoms with Crippen molar-refractivity contribution in [3.63, 3.8) is 0 Å². The Hall–Kier alpha value is -1.66. The molecular weight excluding hydrogens is 272 g/mol. The molecule has 0 spiro atoms. The first-order valence-corrected chi connectivity index (χ1v) is 7.04. The SMILES string of the molecule is COC(CO)CCCn1ccc(OCC=C(C)C)nc1=O. The quantitative estimate of drug-likeness (QED) is 0.697. The molecule has 0 saturated carbocycles. The lowest BCUT2D eigenvalue weighted by Gasteiger charge is -2.12. The zero-order valence-electron chi connectivity index (χ0n) is 12.9. The first-order chi connectivity index (χ1) is 10.1. The van der Waals surface area contributed by atoms with Gasteiger partial charge in [0.2, 0.25) is 5.88 Å². The minimum atomic E-state index is -0.331. The van der Waals surface area contributed by atoms with Crippen molar-refractivity contribution < 1.29 is 14.6 Å². The Labute approximate surface area is 125 Å². The van der Waals surface area contributed by atoms with Crippen LogP contribution >= 0.6 is 0 Å². The molecule has 6 heteroatoms. The molecular formula is C15H24N2O4. The number of nitrogens with zero attached hydrogens (tertiary/aromatic N) is 2. The molecule has 21 heavy (non-hydrogen) atoms. The highest BCUT2D eigenvalue weighted by Gasteiger charge is 2.06. The van der Waals surface area contributed by atoms with Crippen molar-refractivity contribution in [1.82, 2.24) is 9.55 Å². The van der Waals surface area contributed by atoms with E-state index in [4.69, 9.17) is 14.6 Å². The number of aromatic nitrogens is 2. The molecule has 1 unspecified atom stereocenters. The van der Waals surface area contributed by atoms with Gasteiger partial charge in [-0.25, -0.2) is 4.79 Å². The lowest BCUT2D eigenvalue weighted by molar-refractivity contribution is 0.0411. The molecule has 1 aromatic rings. The van der Waals surface area contributed by atoms with Crippen molar-refractivity contribution in [1.29, 1.82) is 0 Å². The average molecular weight is 296 g/mol. The van der Waals surface area contributed by atoms with Gasteiger partial charge in [-0.1, -0.05) is 5.57 Å². The molecule has 0 aromatic carbocycles. The molecule has 1 heterocycles. The zero-order chi connectivity index (χ0) is 15.7. The Morgan fingerprint density at radius 3 is 2.86 bits per heavy atom. The number of rotatable bonds is 9. The highest BCUT2D eigenvalue weighted by molar-refractivity contribution is 5.07. The summed E-state index contributed by atoms with van der Waals surface area (Å²) >= 11 is 0. The highest BCUT2D eigenvalue weighted by atomic mass is 16.5. The van der Waals surface area contributed by atoms with Crippen molar-refractivity contribution in [2.45, 2.75) is 39.3 Å². The molecule has 0 aliphatic rings. The maximum atomic E-state index is 11.8. The molecule has 0 bridgehead atoms. The Morgan fingerprint density at radius 1 is 1.52 bits per heavy atom. The molecule has 0 amide bonds. The van der Waals surface area contributed by atoms with E-state index in [1.54, 1.807) is 19.4 Å². The third-order valence-corrected chi connectivity index (χ3v) is 3.03. The molecule has 1 rings (SSSR count). The molecule has 0 aliphatic heterocycles. The number of aliphatic hydroxyl groups is 1. The van der Waals surface area contributed by atoms with Crippen LogP contribution in [0.4, 0.5) is 0 Å². The van der Waals surface area contributed by atoms with Crippen molar-refractivity contribution >= 4 is 0 Å². The Kier molecular flexibility index (Phi) is 7.71. The predicted octanol–water partition coefficient (Wildman–Crippen LogP) is 1.38. The normalized spacial score (nSPS) is 12.0. The summed E-state index contributed by atoms with van der Waals surface area (Å²) in [6.07, 6.45) is 4.85. The Morgan fingerprint density at radius 2 is 2.29 bits per heavy atom. The number of hydrogen-bond acceptors (Lipinski definition) is 5. The van der Waals surface area contributed by atoms with Crippen LogP contribution in [0.25, 0.3) is 0 Å². The summed E-state index contributed by atoms with van der Waals surface area (Å²) in [5.74, 6) is 0.332. The van der Waals surface area contributed by atoms with Gasteiger partial charge in [0.05, 0.1) is 12.7 Å². The smallest absolute Gasteiger partial charge is 0.350 e. The first kappa shape index (κ1) is 17.4. The van der Waals surface area contributed by atoms with Crippen molar-refractivity contribution in [3.8, 4) is 5.88 Å². The minimum Gasteiger partial charge on any atom is -0.473 e. The van der Waals surface area contributed by atoms with E-state index in [1.807, 2.05) is 19.9 Å². The second-order valence-electron chi connectivity index (χ2n) is 5.02. The van der Waals surface area contributed by atoms with E-state index >= 15 is 0 Å². The van der Waals surface area contributed by atoms with E-state index in [9.17, 15) is 4.79 Å². The third kappa shape index (κ3) is 6.55. The topological polar surface area (TPSA) is 73.6 Å². The molecule has 118 valence electrons. The number of aliphatic hydroxyl groups excluding tert-OH is 1. The van der Waals surface area contributed by atoms with Crippen LogP contribution in [-0.2, 0) is 11.3 Å². The van der Waals surface area contributed by atoms with E-state index in [0.717, 1.165) is 12.0 Å². The largest absolute Gasteiger partial charge is 0.473 e. The maximum Gasteiger partial charge on any atom is 0.350 e. The number of aryl methyl sites for hydroxylation is 1. The van der Waals surface area contributed by atoms with E-state index in [1.165, 1.54) is 4.57 Å². The first-order valence-electron chi connectivity index (χ1n) is 7.04. The Balaban J connectivity index is 2.50. The summed E-state index contributed by atoms with van der Waals surface area (Å²) in [6, 6.07) is 1.68.